The quantitative estimate of drug-likeness (QED) is 0.392. The lowest BCUT2D eigenvalue weighted by Gasteiger charge is -2.18. The molecule has 0 atom stereocenters. The summed E-state index contributed by atoms with van der Waals surface area (Å²) >= 11 is 0. The van der Waals surface area contributed by atoms with E-state index in [0.29, 0.717) is 5.75 Å². The predicted octanol–water partition coefficient (Wildman–Crippen LogP) is 3.23. The number of nitrogens with zero attached hydrogens (tertiary/aromatic N) is 2. The summed E-state index contributed by atoms with van der Waals surface area (Å²) in [6, 6.07) is 11.0. The molecule has 0 radical (unpaired) electrons. The zero-order valence-electron chi connectivity index (χ0n) is 16.0. The average Bonchev–Trinajstić information content (AvgIpc) is 2.68. The van der Waals surface area contributed by atoms with Crippen molar-refractivity contribution in [2.45, 2.75) is 13.8 Å². The Morgan fingerprint density at radius 1 is 1.11 bits per heavy atom. The van der Waals surface area contributed by atoms with Crippen LogP contribution in [0.15, 0.2) is 42.5 Å². The molecule has 0 aliphatic heterocycles. The number of hydrogen-bond acceptors (Lipinski definition) is 6. The molecule has 0 saturated carbocycles. The van der Waals surface area contributed by atoms with Crippen molar-refractivity contribution in [3.8, 4) is 5.75 Å². The van der Waals surface area contributed by atoms with Crippen LogP contribution in [0.3, 0.4) is 0 Å². The second kappa shape index (κ2) is 9.50. The van der Waals surface area contributed by atoms with Crippen LogP contribution in [-0.2, 0) is 4.74 Å². The van der Waals surface area contributed by atoms with Gasteiger partial charge in [-0.1, -0.05) is 17.7 Å². The first-order valence-electron chi connectivity index (χ1n) is 8.73. The second-order valence-corrected chi connectivity index (χ2v) is 6.13. The molecule has 0 saturated heterocycles. The van der Waals surface area contributed by atoms with Crippen LogP contribution in [0, 0.1) is 17.0 Å². The van der Waals surface area contributed by atoms with Gasteiger partial charge in [-0.05, 0) is 32.0 Å². The average molecular weight is 386 g/mol. The molecule has 0 aromatic heterocycles. The van der Waals surface area contributed by atoms with Crippen molar-refractivity contribution < 1.29 is 24.0 Å². The summed E-state index contributed by atoms with van der Waals surface area (Å²) in [5, 5.41) is 11.1. The number of hydrogen-bond donors (Lipinski definition) is 0. The van der Waals surface area contributed by atoms with E-state index in [9.17, 15) is 19.7 Å². The molecular formula is C20H22N2O6. The van der Waals surface area contributed by atoms with Gasteiger partial charge in [0.05, 0.1) is 23.6 Å². The topological polar surface area (TPSA) is 99.0 Å². The van der Waals surface area contributed by atoms with E-state index >= 15 is 0 Å². The van der Waals surface area contributed by atoms with Crippen LogP contribution in [-0.4, -0.2) is 48.5 Å². The predicted molar refractivity (Wildman–Crippen MR) is 103 cm³/mol. The van der Waals surface area contributed by atoms with Gasteiger partial charge in [0.15, 0.2) is 0 Å². The Morgan fingerprint density at radius 3 is 2.36 bits per heavy atom. The third-order valence-electron chi connectivity index (χ3n) is 3.95. The number of amides is 1. The van der Waals surface area contributed by atoms with Gasteiger partial charge in [0.2, 0.25) is 0 Å². The molecule has 0 fully saturated rings. The highest BCUT2D eigenvalue weighted by Gasteiger charge is 2.20. The van der Waals surface area contributed by atoms with Crippen molar-refractivity contribution in [2.75, 3.05) is 26.8 Å². The third-order valence-corrected chi connectivity index (χ3v) is 3.95. The number of aryl methyl sites for hydroxylation is 1. The monoisotopic (exact) mass is 386 g/mol. The number of carbonyl (C=O) groups is 2. The fourth-order valence-electron chi connectivity index (χ4n) is 2.43. The van der Waals surface area contributed by atoms with Crippen molar-refractivity contribution in [3.05, 3.63) is 69.3 Å². The standard InChI is InChI=1S/C20H22N2O6/c1-4-27-20(24)16-11-15(12-17(13-16)22(25)26)19(23)21(3)9-10-28-18-7-5-14(2)6-8-18/h5-8,11-13H,4,9-10H2,1-3H3. The van der Waals surface area contributed by atoms with Gasteiger partial charge in [-0.15, -0.1) is 0 Å². The van der Waals surface area contributed by atoms with Gasteiger partial charge in [0, 0.05) is 24.7 Å². The van der Waals surface area contributed by atoms with Gasteiger partial charge < -0.3 is 14.4 Å². The first kappa shape index (κ1) is 20.9. The number of carbonyl (C=O) groups excluding carboxylic acids is 2. The number of non-ortho nitro benzene ring substituents is 1. The molecule has 0 N–H and O–H groups in total. The molecule has 28 heavy (non-hydrogen) atoms. The molecule has 0 unspecified atom stereocenters. The van der Waals surface area contributed by atoms with E-state index in [1.165, 1.54) is 11.0 Å². The molecule has 0 aliphatic rings. The molecule has 148 valence electrons. The molecular weight excluding hydrogens is 364 g/mol. The highest BCUT2D eigenvalue weighted by Crippen LogP contribution is 2.19. The third kappa shape index (κ3) is 5.54. The van der Waals surface area contributed by atoms with Crippen LogP contribution in [0.25, 0.3) is 0 Å². The van der Waals surface area contributed by atoms with Crippen LogP contribution in [0.1, 0.15) is 33.2 Å². The molecule has 1 amide bonds. The normalized spacial score (nSPS) is 10.2. The number of ether oxygens (including phenoxy) is 2. The minimum Gasteiger partial charge on any atom is -0.492 e. The van der Waals surface area contributed by atoms with Crippen LogP contribution in [0.5, 0.6) is 5.75 Å². The van der Waals surface area contributed by atoms with E-state index in [1.807, 2.05) is 31.2 Å². The molecule has 0 aliphatic carbocycles. The summed E-state index contributed by atoms with van der Waals surface area (Å²) in [5.41, 5.74) is 0.764. The van der Waals surface area contributed by atoms with Crippen molar-refractivity contribution >= 4 is 17.6 Å². The number of rotatable bonds is 8. The fraction of sp³-hybridized carbons (Fsp3) is 0.300. The Morgan fingerprint density at radius 2 is 1.75 bits per heavy atom. The number of likely N-dealkylation sites (N-methyl/N-ethyl adjacent to an activating group) is 1. The SMILES string of the molecule is CCOC(=O)c1cc(C(=O)N(C)CCOc2ccc(C)cc2)cc([N+](=O)[O-])c1. The van der Waals surface area contributed by atoms with E-state index in [0.717, 1.165) is 17.7 Å². The Balaban J connectivity index is 2.09. The summed E-state index contributed by atoms with van der Waals surface area (Å²) in [6.07, 6.45) is 0. The van der Waals surface area contributed by atoms with Crippen LogP contribution in [0.2, 0.25) is 0 Å². The van der Waals surface area contributed by atoms with Crippen LogP contribution >= 0.6 is 0 Å². The van der Waals surface area contributed by atoms with Gasteiger partial charge in [-0.2, -0.15) is 0 Å². The number of esters is 1. The molecule has 2 aromatic carbocycles. The Hall–Kier alpha value is -3.42. The van der Waals surface area contributed by atoms with Gasteiger partial charge in [0.1, 0.15) is 12.4 Å². The molecule has 0 spiro atoms. The summed E-state index contributed by atoms with van der Waals surface area (Å²) in [6.45, 7) is 4.25. The maximum Gasteiger partial charge on any atom is 0.338 e. The fourth-order valence-corrected chi connectivity index (χ4v) is 2.43. The molecule has 0 heterocycles. The highest BCUT2D eigenvalue weighted by molar-refractivity contribution is 5.98. The summed E-state index contributed by atoms with van der Waals surface area (Å²) < 4.78 is 10.5. The number of nitro benzene ring substituents is 1. The van der Waals surface area contributed by atoms with Crippen molar-refractivity contribution in [3.63, 3.8) is 0 Å². The first-order chi connectivity index (χ1) is 13.3. The molecule has 2 aromatic rings. The first-order valence-corrected chi connectivity index (χ1v) is 8.73. The Kier molecular flexibility index (Phi) is 7.08. The zero-order valence-corrected chi connectivity index (χ0v) is 16.0. The number of benzene rings is 2. The van der Waals surface area contributed by atoms with E-state index in [4.69, 9.17) is 9.47 Å². The van der Waals surface area contributed by atoms with E-state index in [2.05, 4.69) is 0 Å². The van der Waals surface area contributed by atoms with Gasteiger partial charge in [-0.25, -0.2) is 4.79 Å². The molecule has 8 nitrogen and oxygen atoms in total. The van der Waals surface area contributed by atoms with E-state index in [1.54, 1.807) is 14.0 Å². The Bertz CT molecular complexity index is 863. The minimum atomic E-state index is -0.717. The maximum atomic E-state index is 12.6. The Labute approximate surface area is 162 Å². The van der Waals surface area contributed by atoms with E-state index in [-0.39, 0.29) is 36.6 Å². The maximum absolute atomic E-state index is 12.6. The van der Waals surface area contributed by atoms with Crippen molar-refractivity contribution in [2.24, 2.45) is 0 Å². The van der Waals surface area contributed by atoms with Crippen molar-refractivity contribution in [1.82, 2.24) is 4.90 Å². The summed E-state index contributed by atoms with van der Waals surface area (Å²) in [5.74, 6) is -0.487. The minimum absolute atomic E-state index is 0.0371. The summed E-state index contributed by atoms with van der Waals surface area (Å²) in [4.78, 5) is 36.4. The zero-order chi connectivity index (χ0) is 20.7. The van der Waals surface area contributed by atoms with Crippen molar-refractivity contribution in [1.29, 1.82) is 0 Å². The van der Waals surface area contributed by atoms with Crippen LogP contribution in [0.4, 0.5) is 5.69 Å². The molecule has 0 bridgehead atoms. The van der Waals surface area contributed by atoms with Gasteiger partial charge in [-0.3, -0.25) is 14.9 Å². The van der Waals surface area contributed by atoms with Gasteiger partial charge in [0.25, 0.3) is 11.6 Å². The lowest BCUT2D eigenvalue weighted by atomic mass is 10.1. The smallest absolute Gasteiger partial charge is 0.338 e. The highest BCUT2D eigenvalue weighted by atomic mass is 16.6. The lowest BCUT2D eigenvalue weighted by Crippen LogP contribution is -2.31. The van der Waals surface area contributed by atoms with E-state index < -0.39 is 16.8 Å². The molecule has 8 heteroatoms. The number of nitro groups is 1. The summed E-state index contributed by atoms with van der Waals surface area (Å²) in [7, 11) is 1.56. The van der Waals surface area contributed by atoms with Gasteiger partial charge >= 0.3 is 5.97 Å². The largest absolute Gasteiger partial charge is 0.492 e. The second-order valence-electron chi connectivity index (χ2n) is 6.13. The van der Waals surface area contributed by atoms with Crippen LogP contribution < -0.4 is 4.74 Å². The lowest BCUT2D eigenvalue weighted by molar-refractivity contribution is -0.384. The molecule has 2 rings (SSSR count).